The molecule has 0 saturated carbocycles. The van der Waals surface area contributed by atoms with Gasteiger partial charge in [0.15, 0.2) is 5.96 Å². The molecule has 1 aliphatic rings. The maximum Gasteiger partial charge on any atom is 0.193 e. The highest BCUT2D eigenvalue weighted by Crippen LogP contribution is 2.24. The van der Waals surface area contributed by atoms with Gasteiger partial charge >= 0.3 is 0 Å². The van der Waals surface area contributed by atoms with Crippen LogP contribution in [0, 0.1) is 5.92 Å². The molecular formula is C15H26IN3S2. The zero-order chi connectivity index (χ0) is 14.4. The molecule has 0 bridgehead atoms. The molecule has 1 aromatic rings. The van der Waals surface area contributed by atoms with Gasteiger partial charge in [0.25, 0.3) is 0 Å². The molecule has 1 N–H and O–H groups in total. The number of aliphatic imine (C=N–C) groups is 1. The molecule has 1 atom stereocenters. The minimum Gasteiger partial charge on any atom is -0.356 e. The quantitative estimate of drug-likeness (QED) is 0.442. The van der Waals surface area contributed by atoms with Crippen molar-refractivity contribution in [3.8, 4) is 0 Å². The summed E-state index contributed by atoms with van der Waals surface area (Å²) >= 11 is 3.87. The van der Waals surface area contributed by atoms with E-state index < -0.39 is 0 Å². The van der Waals surface area contributed by atoms with Crippen LogP contribution in [0.15, 0.2) is 21.8 Å². The predicted octanol–water partition coefficient (Wildman–Crippen LogP) is 3.56. The van der Waals surface area contributed by atoms with E-state index in [1.165, 1.54) is 11.3 Å². The van der Waals surface area contributed by atoms with E-state index in [1.54, 1.807) is 11.3 Å². The van der Waals surface area contributed by atoms with E-state index in [4.69, 9.17) is 0 Å². The van der Waals surface area contributed by atoms with E-state index in [-0.39, 0.29) is 24.0 Å². The Hall–Kier alpha value is 0.0500. The molecule has 120 valence electrons. The van der Waals surface area contributed by atoms with Crippen LogP contribution in [-0.4, -0.2) is 48.5 Å². The summed E-state index contributed by atoms with van der Waals surface area (Å²) in [5.41, 5.74) is 1.41. The SMILES string of the molecule is CN=C(NCCc1ccsc1)N1CCSC(C(C)C)C1.I. The third-order valence-electron chi connectivity index (χ3n) is 3.63. The zero-order valence-corrected chi connectivity index (χ0v) is 17.0. The van der Waals surface area contributed by atoms with Crippen LogP contribution >= 0.6 is 47.1 Å². The fourth-order valence-corrected chi connectivity index (χ4v) is 4.36. The Kier molecular flexibility index (Phi) is 9.04. The number of hydrogen-bond acceptors (Lipinski definition) is 3. The van der Waals surface area contributed by atoms with Gasteiger partial charge in [-0.2, -0.15) is 23.1 Å². The van der Waals surface area contributed by atoms with E-state index in [2.05, 4.69) is 57.6 Å². The third kappa shape index (κ3) is 5.98. The number of hydrogen-bond donors (Lipinski definition) is 1. The van der Waals surface area contributed by atoms with Crippen molar-refractivity contribution in [1.29, 1.82) is 0 Å². The average molecular weight is 439 g/mol. The van der Waals surface area contributed by atoms with Crippen LogP contribution in [0.4, 0.5) is 0 Å². The molecule has 0 spiro atoms. The highest BCUT2D eigenvalue weighted by molar-refractivity contribution is 14.0. The van der Waals surface area contributed by atoms with E-state index in [1.807, 2.05) is 7.05 Å². The molecule has 1 aromatic heterocycles. The van der Waals surface area contributed by atoms with Gasteiger partial charge in [0.2, 0.25) is 0 Å². The predicted molar refractivity (Wildman–Crippen MR) is 107 cm³/mol. The first-order chi connectivity index (χ1) is 9.70. The number of guanidine groups is 1. The average Bonchev–Trinajstić information content (AvgIpc) is 2.97. The van der Waals surface area contributed by atoms with Crippen LogP contribution in [0.1, 0.15) is 19.4 Å². The van der Waals surface area contributed by atoms with Crippen LogP contribution in [-0.2, 0) is 6.42 Å². The monoisotopic (exact) mass is 439 g/mol. The summed E-state index contributed by atoms with van der Waals surface area (Å²) in [5.74, 6) is 2.99. The molecule has 1 unspecified atom stereocenters. The Morgan fingerprint density at radius 3 is 2.95 bits per heavy atom. The van der Waals surface area contributed by atoms with Crippen LogP contribution in [0.25, 0.3) is 0 Å². The molecule has 0 amide bonds. The van der Waals surface area contributed by atoms with Gasteiger partial charge in [0.1, 0.15) is 0 Å². The Bertz CT molecular complexity index is 421. The summed E-state index contributed by atoms with van der Waals surface area (Å²) < 4.78 is 0. The van der Waals surface area contributed by atoms with Crippen molar-refractivity contribution in [2.24, 2.45) is 10.9 Å². The molecule has 0 aromatic carbocycles. The second-order valence-corrected chi connectivity index (χ2v) is 7.58. The maximum absolute atomic E-state index is 4.45. The minimum absolute atomic E-state index is 0. The van der Waals surface area contributed by atoms with Crippen molar-refractivity contribution in [3.05, 3.63) is 22.4 Å². The first-order valence-corrected chi connectivity index (χ1v) is 9.28. The standard InChI is InChI=1S/C15H25N3S2.HI/c1-12(2)14-10-18(7-9-20-14)15(16-3)17-6-4-13-5-8-19-11-13;/h5,8,11-12,14H,4,6-7,9-10H2,1-3H3,(H,16,17);1H. The first-order valence-electron chi connectivity index (χ1n) is 7.29. The van der Waals surface area contributed by atoms with Gasteiger partial charge in [-0.25, -0.2) is 0 Å². The van der Waals surface area contributed by atoms with Crippen LogP contribution in [0.5, 0.6) is 0 Å². The second-order valence-electron chi connectivity index (χ2n) is 5.45. The van der Waals surface area contributed by atoms with E-state index in [0.717, 1.165) is 43.2 Å². The van der Waals surface area contributed by atoms with Crippen molar-refractivity contribution in [2.75, 3.05) is 32.4 Å². The van der Waals surface area contributed by atoms with Crippen molar-refractivity contribution in [2.45, 2.75) is 25.5 Å². The fourth-order valence-electron chi connectivity index (χ4n) is 2.36. The van der Waals surface area contributed by atoms with Crippen LogP contribution in [0.3, 0.4) is 0 Å². The topological polar surface area (TPSA) is 27.6 Å². The molecule has 2 rings (SSSR count). The smallest absolute Gasteiger partial charge is 0.193 e. The minimum atomic E-state index is 0. The molecule has 0 radical (unpaired) electrons. The number of thiophene rings is 1. The van der Waals surface area contributed by atoms with Crippen molar-refractivity contribution < 1.29 is 0 Å². The van der Waals surface area contributed by atoms with Gasteiger partial charge in [0, 0.05) is 37.7 Å². The summed E-state index contributed by atoms with van der Waals surface area (Å²) in [4.78, 5) is 6.86. The van der Waals surface area contributed by atoms with Gasteiger partial charge in [0.05, 0.1) is 0 Å². The summed E-state index contributed by atoms with van der Waals surface area (Å²) in [5, 5.41) is 8.59. The molecule has 21 heavy (non-hydrogen) atoms. The Morgan fingerprint density at radius 1 is 1.52 bits per heavy atom. The summed E-state index contributed by atoms with van der Waals surface area (Å²) in [7, 11) is 1.89. The summed E-state index contributed by atoms with van der Waals surface area (Å²) in [6, 6.07) is 2.20. The number of rotatable bonds is 4. The maximum atomic E-state index is 4.45. The molecule has 0 aliphatic carbocycles. The van der Waals surface area contributed by atoms with Gasteiger partial charge in [-0.15, -0.1) is 24.0 Å². The number of nitrogens with one attached hydrogen (secondary N) is 1. The summed E-state index contributed by atoms with van der Waals surface area (Å²) in [6.45, 7) is 7.80. The third-order valence-corrected chi connectivity index (χ3v) is 5.90. The van der Waals surface area contributed by atoms with Gasteiger partial charge < -0.3 is 10.2 Å². The van der Waals surface area contributed by atoms with Crippen LogP contribution < -0.4 is 5.32 Å². The Labute approximate surface area is 154 Å². The van der Waals surface area contributed by atoms with Gasteiger partial charge in [-0.1, -0.05) is 13.8 Å². The molecule has 3 nitrogen and oxygen atoms in total. The summed E-state index contributed by atoms with van der Waals surface area (Å²) in [6.07, 6.45) is 1.07. The molecule has 6 heteroatoms. The number of nitrogens with zero attached hydrogens (tertiary/aromatic N) is 2. The van der Waals surface area contributed by atoms with Crippen LogP contribution in [0.2, 0.25) is 0 Å². The lowest BCUT2D eigenvalue weighted by molar-refractivity contribution is 0.381. The fraction of sp³-hybridized carbons (Fsp3) is 0.667. The molecule has 1 saturated heterocycles. The van der Waals surface area contributed by atoms with Crippen molar-refractivity contribution >= 4 is 53.0 Å². The largest absolute Gasteiger partial charge is 0.356 e. The van der Waals surface area contributed by atoms with Crippen molar-refractivity contribution in [3.63, 3.8) is 0 Å². The highest BCUT2D eigenvalue weighted by atomic mass is 127. The lowest BCUT2D eigenvalue weighted by Crippen LogP contribution is -2.49. The normalized spacial score (nSPS) is 19.5. The number of halogens is 1. The van der Waals surface area contributed by atoms with Gasteiger partial charge in [-0.3, -0.25) is 4.99 Å². The highest BCUT2D eigenvalue weighted by Gasteiger charge is 2.24. The molecule has 1 fully saturated rings. The van der Waals surface area contributed by atoms with E-state index in [0.29, 0.717) is 0 Å². The second kappa shape index (κ2) is 9.94. The molecule has 2 heterocycles. The van der Waals surface area contributed by atoms with E-state index >= 15 is 0 Å². The lowest BCUT2D eigenvalue weighted by Gasteiger charge is -2.36. The Balaban J connectivity index is 0.00000220. The van der Waals surface area contributed by atoms with Gasteiger partial charge in [-0.05, 0) is 34.7 Å². The molecular weight excluding hydrogens is 413 g/mol. The Morgan fingerprint density at radius 2 is 2.33 bits per heavy atom. The number of thioether (sulfide) groups is 1. The zero-order valence-electron chi connectivity index (χ0n) is 13.0. The van der Waals surface area contributed by atoms with E-state index in [9.17, 15) is 0 Å². The first kappa shape index (κ1) is 19.1. The molecule has 1 aliphatic heterocycles. The van der Waals surface area contributed by atoms with Crippen molar-refractivity contribution in [1.82, 2.24) is 10.2 Å². The lowest BCUT2D eigenvalue weighted by atomic mass is 10.1.